The number of rotatable bonds is 3. The summed E-state index contributed by atoms with van der Waals surface area (Å²) in [5, 5.41) is 0.834. The molecular weight excluding hydrogens is 228 g/mol. The molecule has 1 fully saturated rings. The van der Waals surface area contributed by atoms with Gasteiger partial charge in [0.15, 0.2) is 0 Å². The molecule has 2 aromatic rings. The van der Waals surface area contributed by atoms with Crippen LogP contribution in [0.25, 0.3) is 10.9 Å². The summed E-state index contributed by atoms with van der Waals surface area (Å²) in [5.41, 5.74) is 8.71. The number of hydrogen-bond donors (Lipinski definition) is 1. The molecular formula is C14H16N2O2. The van der Waals surface area contributed by atoms with Crippen molar-refractivity contribution in [3.63, 3.8) is 0 Å². The summed E-state index contributed by atoms with van der Waals surface area (Å²) in [6.45, 7) is 0. The van der Waals surface area contributed by atoms with Crippen molar-refractivity contribution in [3.05, 3.63) is 23.9 Å². The van der Waals surface area contributed by atoms with Crippen molar-refractivity contribution in [2.45, 2.75) is 18.8 Å². The van der Waals surface area contributed by atoms with E-state index < -0.39 is 0 Å². The van der Waals surface area contributed by atoms with Gasteiger partial charge in [0.05, 0.1) is 19.6 Å². The molecule has 0 atom stereocenters. The minimum atomic E-state index is 0.563. The predicted octanol–water partition coefficient (Wildman–Crippen LogP) is 2.71. The van der Waals surface area contributed by atoms with Gasteiger partial charge < -0.3 is 15.2 Å². The number of benzene rings is 1. The number of methoxy groups -OCH3 is 2. The Bertz CT molecular complexity index is 606. The van der Waals surface area contributed by atoms with E-state index in [0.29, 0.717) is 11.6 Å². The first-order chi connectivity index (χ1) is 8.74. The van der Waals surface area contributed by atoms with Crippen molar-refractivity contribution >= 4 is 16.6 Å². The van der Waals surface area contributed by atoms with Crippen LogP contribution in [-0.4, -0.2) is 19.2 Å². The van der Waals surface area contributed by atoms with E-state index in [0.717, 1.165) is 28.1 Å². The molecule has 94 valence electrons. The molecule has 18 heavy (non-hydrogen) atoms. The predicted molar refractivity (Wildman–Crippen MR) is 71.2 cm³/mol. The standard InChI is InChI=1S/C14H16N2O2/c1-17-11-5-6-12(18-2)14-13(11)9(15)7-10(16-14)8-3-4-8/h5-8H,3-4H2,1-2H3,(H2,15,16). The van der Waals surface area contributed by atoms with Crippen molar-refractivity contribution < 1.29 is 9.47 Å². The molecule has 0 saturated heterocycles. The number of anilines is 1. The van der Waals surface area contributed by atoms with Crippen LogP contribution in [0.5, 0.6) is 11.5 Å². The van der Waals surface area contributed by atoms with E-state index in [-0.39, 0.29) is 0 Å². The maximum absolute atomic E-state index is 6.15. The van der Waals surface area contributed by atoms with Gasteiger partial charge in [-0.05, 0) is 31.0 Å². The van der Waals surface area contributed by atoms with Crippen molar-refractivity contribution in [1.29, 1.82) is 0 Å². The maximum atomic E-state index is 6.15. The summed E-state index contributed by atoms with van der Waals surface area (Å²) in [4.78, 5) is 4.69. The molecule has 0 spiro atoms. The van der Waals surface area contributed by atoms with E-state index in [1.807, 2.05) is 18.2 Å². The number of aromatic nitrogens is 1. The smallest absolute Gasteiger partial charge is 0.145 e. The van der Waals surface area contributed by atoms with Gasteiger partial charge in [-0.3, -0.25) is 0 Å². The highest BCUT2D eigenvalue weighted by molar-refractivity contribution is 5.99. The van der Waals surface area contributed by atoms with E-state index in [1.54, 1.807) is 14.2 Å². The van der Waals surface area contributed by atoms with Crippen LogP contribution < -0.4 is 15.2 Å². The highest BCUT2D eigenvalue weighted by Crippen LogP contribution is 2.43. The molecule has 1 saturated carbocycles. The van der Waals surface area contributed by atoms with Crippen LogP contribution in [0, 0.1) is 0 Å². The average molecular weight is 244 g/mol. The molecule has 0 bridgehead atoms. The zero-order valence-corrected chi connectivity index (χ0v) is 10.6. The Kier molecular flexibility index (Phi) is 2.51. The number of ether oxygens (including phenoxy) is 2. The topological polar surface area (TPSA) is 57.4 Å². The Morgan fingerprint density at radius 1 is 1.17 bits per heavy atom. The van der Waals surface area contributed by atoms with Gasteiger partial charge in [0.25, 0.3) is 0 Å². The fourth-order valence-corrected chi connectivity index (χ4v) is 2.26. The Balaban J connectivity index is 2.32. The number of fused-ring (bicyclic) bond motifs is 1. The zero-order chi connectivity index (χ0) is 12.7. The SMILES string of the molecule is COc1ccc(OC)c2c(N)cc(C3CC3)nc12. The highest BCUT2D eigenvalue weighted by Gasteiger charge is 2.26. The van der Waals surface area contributed by atoms with Crippen LogP contribution in [0.15, 0.2) is 18.2 Å². The molecule has 4 heteroatoms. The van der Waals surface area contributed by atoms with Crippen LogP contribution in [0.3, 0.4) is 0 Å². The lowest BCUT2D eigenvalue weighted by molar-refractivity contribution is 0.410. The summed E-state index contributed by atoms with van der Waals surface area (Å²) in [5.74, 6) is 2.03. The normalized spacial score (nSPS) is 14.8. The molecule has 2 N–H and O–H groups in total. The van der Waals surface area contributed by atoms with Crippen molar-refractivity contribution in [2.75, 3.05) is 20.0 Å². The van der Waals surface area contributed by atoms with Crippen LogP contribution >= 0.6 is 0 Å². The molecule has 4 nitrogen and oxygen atoms in total. The Morgan fingerprint density at radius 2 is 1.83 bits per heavy atom. The van der Waals surface area contributed by atoms with E-state index in [1.165, 1.54) is 12.8 Å². The summed E-state index contributed by atoms with van der Waals surface area (Å²) < 4.78 is 10.7. The lowest BCUT2D eigenvalue weighted by Gasteiger charge is -2.12. The first-order valence-electron chi connectivity index (χ1n) is 6.05. The van der Waals surface area contributed by atoms with Crippen molar-refractivity contribution in [1.82, 2.24) is 4.98 Å². The first kappa shape index (κ1) is 11.1. The fraction of sp³-hybridized carbons (Fsp3) is 0.357. The average Bonchev–Trinajstić information content (AvgIpc) is 3.21. The van der Waals surface area contributed by atoms with Crippen LogP contribution in [-0.2, 0) is 0 Å². The Morgan fingerprint density at radius 3 is 2.44 bits per heavy atom. The van der Waals surface area contributed by atoms with Gasteiger partial charge in [0.1, 0.15) is 17.0 Å². The summed E-state index contributed by atoms with van der Waals surface area (Å²) in [7, 11) is 3.28. The quantitative estimate of drug-likeness (QED) is 0.901. The Hall–Kier alpha value is -1.97. The van der Waals surface area contributed by atoms with Crippen LogP contribution in [0.1, 0.15) is 24.5 Å². The van der Waals surface area contributed by atoms with Crippen LogP contribution in [0.2, 0.25) is 0 Å². The molecule has 3 rings (SSSR count). The molecule has 0 unspecified atom stereocenters. The van der Waals surface area contributed by atoms with Crippen molar-refractivity contribution in [2.24, 2.45) is 0 Å². The molecule has 1 aromatic heterocycles. The molecule has 0 radical (unpaired) electrons. The Labute approximate surface area is 106 Å². The second-order valence-electron chi connectivity index (χ2n) is 4.60. The second-order valence-corrected chi connectivity index (χ2v) is 4.60. The highest BCUT2D eigenvalue weighted by atomic mass is 16.5. The van der Waals surface area contributed by atoms with Gasteiger partial charge in [-0.15, -0.1) is 0 Å². The third-order valence-electron chi connectivity index (χ3n) is 3.37. The number of nitrogens with zero attached hydrogens (tertiary/aromatic N) is 1. The lowest BCUT2D eigenvalue weighted by Crippen LogP contribution is -1.98. The molecule has 1 aliphatic carbocycles. The van der Waals surface area contributed by atoms with Gasteiger partial charge in [-0.1, -0.05) is 0 Å². The molecule has 1 heterocycles. The molecule has 0 aliphatic heterocycles. The van der Waals surface area contributed by atoms with Gasteiger partial charge in [-0.2, -0.15) is 0 Å². The summed E-state index contributed by atoms with van der Waals surface area (Å²) in [6.07, 6.45) is 2.40. The van der Waals surface area contributed by atoms with E-state index in [4.69, 9.17) is 20.2 Å². The lowest BCUT2D eigenvalue weighted by atomic mass is 10.1. The molecule has 0 amide bonds. The minimum Gasteiger partial charge on any atom is -0.496 e. The van der Waals surface area contributed by atoms with Gasteiger partial charge in [0.2, 0.25) is 0 Å². The van der Waals surface area contributed by atoms with Gasteiger partial charge >= 0.3 is 0 Å². The molecule has 1 aliphatic rings. The monoisotopic (exact) mass is 244 g/mol. The van der Waals surface area contributed by atoms with Gasteiger partial charge in [-0.25, -0.2) is 4.98 Å². The molecule has 1 aromatic carbocycles. The summed E-state index contributed by atoms with van der Waals surface area (Å²) in [6, 6.07) is 5.68. The summed E-state index contributed by atoms with van der Waals surface area (Å²) >= 11 is 0. The number of nitrogen functional groups attached to an aromatic ring is 1. The van der Waals surface area contributed by atoms with E-state index >= 15 is 0 Å². The van der Waals surface area contributed by atoms with Crippen LogP contribution in [0.4, 0.5) is 5.69 Å². The number of pyridine rings is 1. The van der Waals surface area contributed by atoms with E-state index in [9.17, 15) is 0 Å². The first-order valence-corrected chi connectivity index (χ1v) is 6.05. The fourth-order valence-electron chi connectivity index (χ4n) is 2.26. The third-order valence-corrected chi connectivity index (χ3v) is 3.37. The van der Waals surface area contributed by atoms with Crippen molar-refractivity contribution in [3.8, 4) is 11.5 Å². The maximum Gasteiger partial charge on any atom is 0.145 e. The number of nitrogens with two attached hydrogens (primary N) is 1. The number of hydrogen-bond acceptors (Lipinski definition) is 4. The zero-order valence-electron chi connectivity index (χ0n) is 10.6. The largest absolute Gasteiger partial charge is 0.496 e. The second kappa shape index (κ2) is 4.05. The van der Waals surface area contributed by atoms with E-state index in [2.05, 4.69) is 0 Å². The minimum absolute atomic E-state index is 0.563. The third kappa shape index (κ3) is 1.65. The van der Waals surface area contributed by atoms with Gasteiger partial charge in [0, 0.05) is 17.3 Å².